The molecule has 0 bridgehead atoms. The summed E-state index contributed by atoms with van der Waals surface area (Å²) in [6.07, 6.45) is -1.24. The fourth-order valence-corrected chi connectivity index (χ4v) is 3.65. The van der Waals surface area contributed by atoms with Crippen molar-refractivity contribution in [1.29, 1.82) is 0 Å². The number of halogens is 2. The number of rotatable bonds is 6. The number of para-hydroxylation sites is 1. The first-order valence-electron chi connectivity index (χ1n) is 10.0. The zero-order chi connectivity index (χ0) is 22.1. The molecule has 0 atom stereocenters. The monoisotopic (exact) mass is 424 g/mol. The summed E-state index contributed by atoms with van der Waals surface area (Å²) in [6, 6.07) is 12.2. The summed E-state index contributed by atoms with van der Waals surface area (Å²) < 4.78 is 31.1. The minimum absolute atomic E-state index is 0.0710. The van der Waals surface area contributed by atoms with Gasteiger partial charge in [0.05, 0.1) is 28.0 Å². The number of carbonyl (C=O) groups excluding carboxylic acids is 1. The molecule has 3 aromatic heterocycles. The van der Waals surface area contributed by atoms with Crippen LogP contribution in [0, 0.1) is 0 Å². The molecule has 0 fully saturated rings. The van der Waals surface area contributed by atoms with E-state index in [1.54, 1.807) is 59.2 Å². The molecule has 0 unspecified atom stereocenters. The summed E-state index contributed by atoms with van der Waals surface area (Å²) in [7, 11) is 1.76. The number of carbonyl (C=O) groups is 1. The van der Waals surface area contributed by atoms with Crippen LogP contribution in [-0.2, 0) is 7.05 Å². The van der Waals surface area contributed by atoms with Gasteiger partial charge in [-0.1, -0.05) is 18.2 Å². The van der Waals surface area contributed by atoms with Crippen LogP contribution in [0.1, 0.15) is 36.3 Å². The van der Waals surface area contributed by atoms with Crippen molar-refractivity contribution in [3.63, 3.8) is 0 Å². The van der Waals surface area contributed by atoms with Gasteiger partial charge in [-0.15, -0.1) is 0 Å². The Labute approximate surface area is 177 Å². The summed E-state index contributed by atoms with van der Waals surface area (Å²) in [5.74, 6) is -0.338. The van der Waals surface area contributed by atoms with Gasteiger partial charge in [-0.05, 0) is 38.1 Å². The Bertz CT molecular complexity index is 1230. The van der Waals surface area contributed by atoms with Crippen molar-refractivity contribution in [3.8, 4) is 17.1 Å². The van der Waals surface area contributed by atoms with Gasteiger partial charge in [0.2, 0.25) is 0 Å². The molecular formula is C22H22F2N6O. The fourth-order valence-electron chi connectivity index (χ4n) is 3.65. The Morgan fingerprint density at radius 1 is 1.13 bits per heavy atom. The molecule has 7 nitrogen and oxygen atoms in total. The highest BCUT2D eigenvalue weighted by molar-refractivity contribution is 6.07. The van der Waals surface area contributed by atoms with Crippen molar-refractivity contribution in [1.82, 2.24) is 29.4 Å². The Morgan fingerprint density at radius 3 is 2.42 bits per heavy atom. The average molecular weight is 424 g/mol. The van der Waals surface area contributed by atoms with Crippen LogP contribution < -0.4 is 0 Å². The van der Waals surface area contributed by atoms with Crippen LogP contribution >= 0.6 is 0 Å². The predicted octanol–water partition coefficient (Wildman–Crippen LogP) is 4.24. The van der Waals surface area contributed by atoms with Crippen molar-refractivity contribution >= 4 is 16.9 Å². The number of fused-ring (bicyclic) bond motifs is 1. The van der Waals surface area contributed by atoms with Crippen molar-refractivity contribution in [2.75, 3.05) is 13.1 Å². The molecule has 0 saturated carbocycles. The van der Waals surface area contributed by atoms with Crippen LogP contribution in [0.15, 0.2) is 48.7 Å². The zero-order valence-electron chi connectivity index (χ0n) is 17.5. The molecule has 0 N–H and O–H groups in total. The van der Waals surface area contributed by atoms with Gasteiger partial charge in [0.25, 0.3) is 12.3 Å². The van der Waals surface area contributed by atoms with Gasteiger partial charge in [0.1, 0.15) is 5.69 Å². The molecule has 0 spiro atoms. The van der Waals surface area contributed by atoms with Gasteiger partial charge < -0.3 is 4.90 Å². The lowest BCUT2D eigenvalue weighted by atomic mass is 10.1. The van der Waals surface area contributed by atoms with E-state index in [1.165, 1.54) is 4.68 Å². The third-order valence-electron chi connectivity index (χ3n) is 5.24. The van der Waals surface area contributed by atoms with Crippen molar-refractivity contribution in [3.05, 3.63) is 59.9 Å². The van der Waals surface area contributed by atoms with E-state index in [-0.39, 0.29) is 22.5 Å². The SMILES string of the molecule is CCN(CC)C(=O)c1cc(-c2ccnn2C)nc2c1c(C(F)F)nn2-c1ccccc1. The average Bonchev–Trinajstić information content (AvgIpc) is 3.38. The largest absolute Gasteiger partial charge is 0.339 e. The first kappa shape index (κ1) is 20.6. The molecule has 31 heavy (non-hydrogen) atoms. The summed E-state index contributed by atoms with van der Waals surface area (Å²) in [5.41, 5.74) is 1.60. The molecule has 0 aliphatic carbocycles. The van der Waals surface area contributed by atoms with E-state index in [9.17, 15) is 13.6 Å². The lowest BCUT2D eigenvalue weighted by Crippen LogP contribution is -2.30. The molecule has 4 aromatic rings. The molecule has 1 amide bonds. The van der Waals surface area contributed by atoms with Crippen LogP contribution in [0.25, 0.3) is 28.1 Å². The molecule has 0 saturated heterocycles. The summed E-state index contributed by atoms with van der Waals surface area (Å²) in [4.78, 5) is 19.6. The highest BCUT2D eigenvalue weighted by Crippen LogP contribution is 2.33. The number of aromatic nitrogens is 5. The second-order valence-electron chi connectivity index (χ2n) is 7.00. The Morgan fingerprint density at radius 2 is 1.84 bits per heavy atom. The van der Waals surface area contributed by atoms with Gasteiger partial charge in [-0.3, -0.25) is 9.48 Å². The van der Waals surface area contributed by atoms with Gasteiger partial charge in [-0.25, -0.2) is 18.4 Å². The van der Waals surface area contributed by atoms with E-state index in [2.05, 4.69) is 15.2 Å². The summed E-state index contributed by atoms with van der Waals surface area (Å²) in [5, 5.41) is 8.41. The normalized spacial score (nSPS) is 11.4. The van der Waals surface area contributed by atoms with Crippen LogP contribution in [-0.4, -0.2) is 48.4 Å². The van der Waals surface area contributed by atoms with Gasteiger partial charge >= 0.3 is 0 Å². The molecule has 1 aromatic carbocycles. The maximum absolute atomic E-state index is 14.0. The third-order valence-corrected chi connectivity index (χ3v) is 5.24. The first-order valence-corrected chi connectivity index (χ1v) is 10.0. The summed E-state index contributed by atoms with van der Waals surface area (Å²) >= 11 is 0. The van der Waals surface area contributed by atoms with E-state index in [0.29, 0.717) is 30.2 Å². The second kappa shape index (κ2) is 8.25. The van der Waals surface area contributed by atoms with Crippen LogP contribution in [0.4, 0.5) is 8.78 Å². The standard InChI is InChI=1S/C22H22F2N6O/c1-4-29(5-2)22(31)15-13-16(17-11-12-25-28(17)3)26-21-18(15)19(20(23)24)27-30(21)14-9-7-6-8-10-14/h6-13,20H,4-5H2,1-3H3. The maximum Gasteiger partial charge on any atom is 0.282 e. The lowest BCUT2D eigenvalue weighted by Gasteiger charge is -2.19. The topological polar surface area (TPSA) is 68.8 Å². The Balaban J connectivity index is 2.09. The quantitative estimate of drug-likeness (QED) is 0.464. The third kappa shape index (κ3) is 3.56. The molecule has 0 radical (unpaired) electrons. The Hall–Kier alpha value is -3.62. The maximum atomic E-state index is 14.0. The van der Waals surface area contributed by atoms with Crippen molar-refractivity contribution < 1.29 is 13.6 Å². The number of benzene rings is 1. The molecule has 0 aliphatic heterocycles. The number of amides is 1. The number of pyridine rings is 1. The van der Waals surface area contributed by atoms with Gasteiger partial charge in [0, 0.05) is 26.3 Å². The first-order chi connectivity index (χ1) is 15.0. The Kier molecular flexibility index (Phi) is 5.50. The minimum atomic E-state index is -2.86. The highest BCUT2D eigenvalue weighted by Gasteiger charge is 2.28. The number of hydrogen-bond acceptors (Lipinski definition) is 4. The van der Waals surface area contributed by atoms with Crippen LogP contribution in [0.2, 0.25) is 0 Å². The lowest BCUT2D eigenvalue weighted by molar-refractivity contribution is 0.0774. The van der Waals surface area contributed by atoms with Crippen molar-refractivity contribution in [2.45, 2.75) is 20.3 Å². The molecule has 3 heterocycles. The smallest absolute Gasteiger partial charge is 0.282 e. The molecule has 4 rings (SSSR count). The highest BCUT2D eigenvalue weighted by atomic mass is 19.3. The number of nitrogens with zero attached hydrogens (tertiary/aromatic N) is 6. The van der Waals surface area contributed by atoms with E-state index < -0.39 is 12.1 Å². The number of alkyl halides is 2. The van der Waals surface area contributed by atoms with E-state index in [1.807, 2.05) is 19.9 Å². The minimum Gasteiger partial charge on any atom is -0.339 e. The number of hydrogen-bond donors (Lipinski definition) is 0. The van der Waals surface area contributed by atoms with Gasteiger partial charge in [-0.2, -0.15) is 10.2 Å². The number of aryl methyl sites for hydroxylation is 1. The molecule has 9 heteroatoms. The van der Waals surface area contributed by atoms with E-state index in [0.717, 1.165) is 0 Å². The van der Waals surface area contributed by atoms with Gasteiger partial charge in [0.15, 0.2) is 5.65 Å². The molecule has 160 valence electrons. The summed E-state index contributed by atoms with van der Waals surface area (Å²) in [6.45, 7) is 4.61. The second-order valence-corrected chi connectivity index (χ2v) is 7.00. The molecular weight excluding hydrogens is 402 g/mol. The molecule has 0 aliphatic rings. The van der Waals surface area contributed by atoms with Crippen LogP contribution in [0.3, 0.4) is 0 Å². The van der Waals surface area contributed by atoms with E-state index >= 15 is 0 Å². The predicted molar refractivity (Wildman–Crippen MR) is 113 cm³/mol. The fraction of sp³-hybridized carbons (Fsp3) is 0.273. The zero-order valence-corrected chi connectivity index (χ0v) is 17.5. The van der Waals surface area contributed by atoms with E-state index in [4.69, 9.17) is 0 Å². The van der Waals surface area contributed by atoms with Crippen LogP contribution in [0.5, 0.6) is 0 Å². The van der Waals surface area contributed by atoms with Crippen molar-refractivity contribution in [2.24, 2.45) is 7.05 Å².